The summed E-state index contributed by atoms with van der Waals surface area (Å²) < 4.78 is 1.76. The first-order valence-electron chi connectivity index (χ1n) is 13.2. The molecule has 0 aliphatic carbocycles. The Kier molecular flexibility index (Phi) is 11.1. The van der Waals surface area contributed by atoms with Crippen LogP contribution in [0, 0.1) is 0 Å². The number of rotatable bonds is 1. The van der Waals surface area contributed by atoms with Crippen LogP contribution in [0.4, 0.5) is 0 Å². The molecule has 0 aromatic carbocycles. The number of nitrogens with two attached hydrogens (primary N) is 1. The number of likely N-dealkylation sites (N-methyl/N-ethyl adjacent to an activating group) is 1. The Morgan fingerprint density at radius 2 is 1.74 bits per heavy atom. The van der Waals surface area contributed by atoms with Gasteiger partial charge in [-0.2, -0.15) is 0 Å². The third-order valence-electron chi connectivity index (χ3n) is 6.98. The molecule has 3 amide bonds. The molecule has 1 aromatic heterocycles. The van der Waals surface area contributed by atoms with E-state index < -0.39 is 11.9 Å². The van der Waals surface area contributed by atoms with Crippen LogP contribution in [0.3, 0.4) is 0 Å². The van der Waals surface area contributed by atoms with Crippen molar-refractivity contribution in [2.45, 2.75) is 95.3 Å². The van der Waals surface area contributed by atoms with Crippen molar-refractivity contribution in [3.8, 4) is 0 Å². The lowest BCUT2D eigenvalue weighted by Crippen LogP contribution is -2.50. The maximum atomic E-state index is 12.7. The van der Waals surface area contributed by atoms with E-state index in [0.29, 0.717) is 19.4 Å². The molecule has 1 aromatic rings. The molecule has 3 atom stereocenters. The van der Waals surface area contributed by atoms with E-state index in [1.165, 1.54) is 0 Å². The molecule has 5 N–H and O–H groups in total. The Morgan fingerprint density at radius 1 is 1.00 bits per heavy atom. The summed E-state index contributed by atoms with van der Waals surface area (Å²) in [5.41, 5.74) is 6.82. The van der Waals surface area contributed by atoms with E-state index in [4.69, 9.17) is 5.73 Å². The highest BCUT2D eigenvalue weighted by molar-refractivity contribution is 5.99. The molecule has 3 rings (SSSR count). The van der Waals surface area contributed by atoms with Gasteiger partial charge in [-0.1, -0.05) is 24.5 Å². The van der Waals surface area contributed by atoms with Gasteiger partial charge in [-0.15, -0.1) is 5.10 Å². The third kappa shape index (κ3) is 8.66. The number of amides is 3. The van der Waals surface area contributed by atoms with Crippen LogP contribution in [-0.4, -0.2) is 82.4 Å². The summed E-state index contributed by atoms with van der Waals surface area (Å²) in [6, 6.07) is -1.28. The molecular weight excluding hydrogens is 448 g/mol. The van der Waals surface area contributed by atoms with E-state index in [2.05, 4.69) is 31.2 Å². The van der Waals surface area contributed by atoms with Crippen LogP contribution < -0.4 is 21.7 Å². The minimum Gasteiger partial charge on any atom is -0.358 e. The second-order valence-electron chi connectivity index (χ2n) is 9.72. The fraction of sp³-hybridized carbons (Fsp3) is 0.792. The normalized spacial score (nSPS) is 27.1. The molecule has 196 valence electrons. The van der Waals surface area contributed by atoms with Gasteiger partial charge in [-0.05, 0) is 64.6 Å². The van der Waals surface area contributed by atoms with Crippen molar-refractivity contribution >= 4 is 17.7 Å². The summed E-state index contributed by atoms with van der Waals surface area (Å²) in [6.07, 6.45) is 11.4. The molecule has 35 heavy (non-hydrogen) atoms. The molecule has 1 saturated heterocycles. The van der Waals surface area contributed by atoms with Crippen molar-refractivity contribution < 1.29 is 14.4 Å². The van der Waals surface area contributed by atoms with Crippen LogP contribution in [0.2, 0.25) is 0 Å². The minimum absolute atomic E-state index is 0.0490. The predicted molar refractivity (Wildman–Crippen MR) is 132 cm³/mol. The number of nitrogens with zero attached hydrogens (tertiary/aromatic N) is 4. The quantitative estimate of drug-likeness (QED) is 0.405. The molecule has 3 heterocycles. The van der Waals surface area contributed by atoms with E-state index in [0.717, 1.165) is 83.1 Å². The molecule has 11 heteroatoms. The van der Waals surface area contributed by atoms with Gasteiger partial charge in [0.1, 0.15) is 0 Å². The summed E-state index contributed by atoms with van der Waals surface area (Å²) in [7, 11) is 1.65. The summed E-state index contributed by atoms with van der Waals surface area (Å²) in [4.78, 5) is 39.7. The lowest BCUT2D eigenvalue weighted by Gasteiger charge is -2.24. The van der Waals surface area contributed by atoms with Crippen molar-refractivity contribution in [2.24, 2.45) is 5.73 Å². The first kappa shape index (κ1) is 27.2. The fourth-order valence-corrected chi connectivity index (χ4v) is 4.89. The molecule has 2 aliphatic heterocycles. The van der Waals surface area contributed by atoms with Gasteiger partial charge in [0.15, 0.2) is 0 Å². The molecule has 11 nitrogen and oxygen atoms in total. The number of carbonyl (C=O) groups excluding carboxylic acids is 3. The Morgan fingerprint density at radius 3 is 2.57 bits per heavy atom. The number of nitrogens with one attached hydrogen (secondary N) is 3. The second kappa shape index (κ2) is 14.3. The van der Waals surface area contributed by atoms with Gasteiger partial charge in [-0.25, -0.2) is 0 Å². The highest BCUT2D eigenvalue weighted by Gasteiger charge is 2.31. The maximum absolute atomic E-state index is 12.7. The first-order chi connectivity index (χ1) is 17.0. The zero-order valence-electron chi connectivity index (χ0n) is 21.0. The SMILES string of the molecule is CNC(=O)C1Cc2cn(nn2)CCCCC(N)C(=O)NC(=O)[C@@H]2CCCN2CCCCCCCN1. The molecule has 2 bridgehead atoms. The maximum Gasteiger partial charge on any atom is 0.243 e. The van der Waals surface area contributed by atoms with Crippen molar-refractivity contribution in [3.05, 3.63) is 11.9 Å². The zero-order valence-corrected chi connectivity index (χ0v) is 21.0. The van der Waals surface area contributed by atoms with Crippen LogP contribution in [0.5, 0.6) is 0 Å². The Hall–Kier alpha value is -2.37. The van der Waals surface area contributed by atoms with E-state index in [1.807, 2.05) is 6.20 Å². The number of aryl methyl sites for hydroxylation is 1. The lowest BCUT2D eigenvalue weighted by molar-refractivity contribution is -0.133. The van der Waals surface area contributed by atoms with Crippen molar-refractivity contribution in [3.63, 3.8) is 0 Å². The van der Waals surface area contributed by atoms with Crippen molar-refractivity contribution in [1.29, 1.82) is 0 Å². The highest BCUT2D eigenvalue weighted by atomic mass is 16.2. The Bertz CT molecular complexity index is 829. The Balaban J connectivity index is 1.59. The molecule has 0 saturated carbocycles. The molecule has 1 fully saturated rings. The standard InChI is InChI=1S/C24H42N8O3/c1-26-23(34)20-16-18-17-32(30-29-18)15-8-5-10-19(25)22(33)28-24(35)21-11-9-14-31(21)13-7-4-2-3-6-12-27-20/h17,19-21,27H,2-16,25H2,1H3,(H,26,34)(H,28,33,35)/t19?,20?,21-/m0/s1. The van der Waals surface area contributed by atoms with Crippen LogP contribution in [0.15, 0.2) is 6.20 Å². The monoisotopic (exact) mass is 490 g/mol. The molecule has 0 radical (unpaired) electrons. The number of hydrogen-bond donors (Lipinski definition) is 4. The van der Waals surface area contributed by atoms with Gasteiger partial charge >= 0.3 is 0 Å². The highest BCUT2D eigenvalue weighted by Crippen LogP contribution is 2.19. The van der Waals surface area contributed by atoms with Gasteiger partial charge in [0, 0.05) is 26.2 Å². The van der Waals surface area contributed by atoms with Crippen LogP contribution in [-0.2, 0) is 27.3 Å². The lowest BCUT2D eigenvalue weighted by atomic mass is 10.1. The first-order valence-corrected chi connectivity index (χ1v) is 13.2. The van der Waals surface area contributed by atoms with Crippen LogP contribution in [0.1, 0.15) is 69.9 Å². The molecule has 2 aliphatic rings. The zero-order chi connectivity index (χ0) is 25.0. The topological polar surface area (TPSA) is 147 Å². The number of fused-ring (bicyclic) bond motifs is 3. The second-order valence-corrected chi connectivity index (χ2v) is 9.72. The summed E-state index contributed by atoms with van der Waals surface area (Å²) in [5.74, 6) is -0.656. The minimum atomic E-state index is -0.707. The van der Waals surface area contributed by atoms with E-state index >= 15 is 0 Å². The number of imide groups is 1. The smallest absolute Gasteiger partial charge is 0.243 e. The third-order valence-corrected chi connectivity index (χ3v) is 6.98. The largest absolute Gasteiger partial charge is 0.358 e. The predicted octanol–water partition coefficient (Wildman–Crippen LogP) is 0.0937. The molecule has 0 spiro atoms. The number of hydrogen-bond acceptors (Lipinski definition) is 8. The Labute approximate surface area is 207 Å². The van der Waals surface area contributed by atoms with Gasteiger partial charge in [-0.3, -0.25) is 29.3 Å². The summed E-state index contributed by atoms with van der Waals surface area (Å²) >= 11 is 0. The van der Waals surface area contributed by atoms with E-state index in [1.54, 1.807) is 11.7 Å². The number of aromatic nitrogens is 3. The van der Waals surface area contributed by atoms with Gasteiger partial charge in [0.25, 0.3) is 0 Å². The van der Waals surface area contributed by atoms with Crippen molar-refractivity contribution in [1.82, 2.24) is 35.8 Å². The molecule has 2 unspecified atom stereocenters. The van der Waals surface area contributed by atoms with Gasteiger partial charge in [0.05, 0.1) is 23.8 Å². The summed E-state index contributed by atoms with van der Waals surface area (Å²) in [5, 5.41) is 17.0. The van der Waals surface area contributed by atoms with E-state index in [-0.39, 0.29) is 23.9 Å². The van der Waals surface area contributed by atoms with Gasteiger partial charge in [0.2, 0.25) is 17.7 Å². The van der Waals surface area contributed by atoms with Crippen molar-refractivity contribution in [2.75, 3.05) is 26.7 Å². The average molecular weight is 491 g/mol. The van der Waals surface area contributed by atoms with Crippen LogP contribution >= 0.6 is 0 Å². The van der Waals surface area contributed by atoms with Crippen LogP contribution in [0.25, 0.3) is 0 Å². The fourth-order valence-electron chi connectivity index (χ4n) is 4.89. The van der Waals surface area contributed by atoms with Gasteiger partial charge < -0.3 is 16.4 Å². The average Bonchev–Trinajstić information content (AvgIpc) is 3.50. The number of carbonyl (C=O) groups is 3. The molecular formula is C24H42N8O3. The van der Waals surface area contributed by atoms with E-state index in [9.17, 15) is 14.4 Å². The summed E-state index contributed by atoms with van der Waals surface area (Å²) in [6.45, 7) is 3.19.